The number of aliphatic hydroxyl groups excluding tert-OH is 1. The van der Waals surface area contributed by atoms with Gasteiger partial charge in [0, 0.05) is 37.3 Å². The van der Waals surface area contributed by atoms with Crippen LogP contribution >= 0.6 is 0 Å². The van der Waals surface area contributed by atoms with Crippen molar-refractivity contribution < 1.29 is 9.90 Å². The number of aliphatic hydroxyl groups is 1. The Bertz CT molecular complexity index is 589. The fourth-order valence-electron chi connectivity index (χ4n) is 3.93. The zero-order chi connectivity index (χ0) is 17.7. The summed E-state index contributed by atoms with van der Waals surface area (Å²) in [4.78, 5) is 19.0. The Morgan fingerprint density at radius 3 is 2.92 bits per heavy atom. The van der Waals surface area contributed by atoms with Gasteiger partial charge in [-0.2, -0.15) is 0 Å². The van der Waals surface area contributed by atoms with Gasteiger partial charge < -0.3 is 20.6 Å². The zero-order valence-electron chi connectivity index (χ0n) is 15.1. The summed E-state index contributed by atoms with van der Waals surface area (Å²) >= 11 is 0. The van der Waals surface area contributed by atoms with Gasteiger partial charge in [-0.05, 0) is 49.8 Å². The van der Waals surface area contributed by atoms with Gasteiger partial charge in [0.05, 0.1) is 6.61 Å². The molecular formula is C19H30N4O2. The first-order chi connectivity index (χ1) is 12.1. The molecule has 2 fully saturated rings. The summed E-state index contributed by atoms with van der Waals surface area (Å²) in [6.07, 6.45) is 8.49. The highest BCUT2D eigenvalue weighted by Crippen LogP contribution is 2.37. The number of anilines is 1. The van der Waals surface area contributed by atoms with Gasteiger partial charge in [-0.3, -0.25) is 0 Å². The molecule has 2 heterocycles. The molecule has 2 amide bonds. The molecule has 0 spiro atoms. The fourth-order valence-corrected chi connectivity index (χ4v) is 3.93. The summed E-state index contributed by atoms with van der Waals surface area (Å²) in [5.41, 5.74) is 0.858. The maximum atomic E-state index is 12.2. The molecule has 6 heteroatoms. The van der Waals surface area contributed by atoms with E-state index >= 15 is 0 Å². The second-order valence-electron chi connectivity index (χ2n) is 7.65. The number of rotatable bonds is 5. The number of nitrogens with zero attached hydrogens (tertiary/aromatic N) is 2. The van der Waals surface area contributed by atoms with Crippen LogP contribution in [0.4, 0.5) is 10.6 Å². The molecule has 1 aromatic rings. The van der Waals surface area contributed by atoms with Crippen LogP contribution in [0.1, 0.15) is 51.0 Å². The average Bonchev–Trinajstić information content (AvgIpc) is 3.02. The van der Waals surface area contributed by atoms with E-state index in [4.69, 9.17) is 0 Å². The minimum Gasteiger partial charge on any atom is -0.396 e. The van der Waals surface area contributed by atoms with Gasteiger partial charge in [-0.1, -0.05) is 13.3 Å². The van der Waals surface area contributed by atoms with Crippen molar-refractivity contribution in [1.82, 2.24) is 15.6 Å². The predicted molar refractivity (Wildman–Crippen MR) is 98.5 cm³/mol. The molecular weight excluding hydrogens is 316 g/mol. The Balaban J connectivity index is 1.52. The van der Waals surface area contributed by atoms with Gasteiger partial charge in [0.2, 0.25) is 0 Å². The Kier molecular flexibility index (Phi) is 5.78. The van der Waals surface area contributed by atoms with Crippen LogP contribution < -0.4 is 15.5 Å². The van der Waals surface area contributed by atoms with E-state index in [1.165, 1.54) is 19.3 Å². The van der Waals surface area contributed by atoms with Crippen molar-refractivity contribution in [2.24, 2.45) is 5.41 Å². The van der Waals surface area contributed by atoms with Crippen LogP contribution in [0.5, 0.6) is 0 Å². The fraction of sp³-hybridized carbons (Fsp3) is 0.684. The molecule has 3 N–H and O–H groups in total. The zero-order valence-corrected chi connectivity index (χ0v) is 15.1. The van der Waals surface area contributed by atoms with Crippen molar-refractivity contribution in [1.29, 1.82) is 0 Å². The highest BCUT2D eigenvalue weighted by molar-refractivity contribution is 5.74. The van der Waals surface area contributed by atoms with E-state index in [-0.39, 0.29) is 24.1 Å². The lowest BCUT2D eigenvalue weighted by atomic mass is 9.86. The van der Waals surface area contributed by atoms with E-state index in [0.29, 0.717) is 6.54 Å². The van der Waals surface area contributed by atoms with Gasteiger partial charge in [0.1, 0.15) is 5.82 Å². The maximum absolute atomic E-state index is 12.2. The maximum Gasteiger partial charge on any atom is 0.315 e. The smallest absolute Gasteiger partial charge is 0.315 e. The van der Waals surface area contributed by atoms with Crippen molar-refractivity contribution in [3.8, 4) is 0 Å². The third kappa shape index (κ3) is 4.42. The van der Waals surface area contributed by atoms with E-state index in [2.05, 4.69) is 26.6 Å². The molecule has 1 saturated carbocycles. The van der Waals surface area contributed by atoms with Gasteiger partial charge in [-0.15, -0.1) is 0 Å². The topological polar surface area (TPSA) is 77.5 Å². The molecule has 2 unspecified atom stereocenters. The Hall–Kier alpha value is -1.82. The molecule has 0 bridgehead atoms. The minimum absolute atomic E-state index is 0.0406. The number of pyridine rings is 1. The van der Waals surface area contributed by atoms with E-state index in [9.17, 15) is 9.90 Å². The van der Waals surface area contributed by atoms with Crippen molar-refractivity contribution >= 4 is 11.8 Å². The van der Waals surface area contributed by atoms with Crippen LogP contribution in [0.2, 0.25) is 0 Å². The lowest BCUT2D eigenvalue weighted by Gasteiger charge is -2.30. The first-order valence-electron chi connectivity index (χ1n) is 9.46. The molecule has 6 nitrogen and oxygen atoms in total. The molecule has 1 saturated heterocycles. The number of nitrogens with one attached hydrogen (secondary N) is 2. The van der Waals surface area contributed by atoms with E-state index in [0.717, 1.165) is 43.7 Å². The summed E-state index contributed by atoms with van der Waals surface area (Å²) in [5, 5.41) is 15.6. The largest absolute Gasteiger partial charge is 0.396 e. The predicted octanol–water partition coefficient (Wildman–Crippen LogP) is 2.42. The normalized spacial score (nSPS) is 26.5. The Morgan fingerprint density at radius 2 is 2.16 bits per heavy atom. The lowest BCUT2D eigenvalue weighted by Crippen LogP contribution is -2.48. The van der Waals surface area contributed by atoms with Crippen LogP contribution in [0.15, 0.2) is 18.3 Å². The molecule has 138 valence electrons. The van der Waals surface area contributed by atoms with E-state index < -0.39 is 0 Å². The molecule has 0 aromatic carbocycles. The van der Waals surface area contributed by atoms with Crippen molar-refractivity contribution in [2.45, 2.75) is 58.0 Å². The summed E-state index contributed by atoms with van der Waals surface area (Å²) in [6, 6.07) is 3.89. The van der Waals surface area contributed by atoms with Crippen molar-refractivity contribution in [3.05, 3.63) is 23.9 Å². The van der Waals surface area contributed by atoms with Crippen LogP contribution in [0.3, 0.4) is 0 Å². The Morgan fingerprint density at radius 1 is 1.36 bits per heavy atom. The Labute approximate surface area is 150 Å². The quantitative estimate of drug-likeness (QED) is 0.765. The molecule has 2 aliphatic rings. The van der Waals surface area contributed by atoms with Gasteiger partial charge in [0.15, 0.2) is 0 Å². The molecule has 3 rings (SSSR count). The van der Waals surface area contributed by atoms with Crippen LogP contribution in [-0.2, 0) is 6.54 Å². The first-order valence-corrected chi connectivity index (χ1v) is 9.46. The first kappa shape index (κ1) is 18.0. The number of aromatic nitrogens is 1. The summed E-state index contributed by atoms with van der Waals surface area (Å²) in [7, 11) is 0. The van der Waals surface area contributed by atoms with Crippen LogP contribution in [-0.4, -0.2) is 41.9 Å². The third-order valence-corrected chi connectivity index (χ3v) is 5.69. The third-order valence-electron chi connectivity index (χ3n) is 5.69. The minimum atomic E-state index is -0.199. The molecule has 1 aliphatic carbocycles. The van der Waals surface area contributed by atoms with Gasteiger partial charge >= 0.3 is 6.03 Å². The monoisotopic (exact) mass is 346 g/mol. The summed E-state index contributed by atoms with van der Waals surface area (Å²) in [6.45, 7) is 4.76. The number of amides is 2. The SMILES string of the molecule is CC1(CO)CCCC1NC(=O)NCc1ccnc(N2CCCCC2)c1. The van der Waals surface area contributed by atoms with E-state index in [1.54, 1.807) is 0 Å². The van der Waals surface area contributed by atoms with Crippen molar-refractivity contribution in [2.75, 3.05) is 24.6 Å². The molecule has 2 atom stereocenters. The second-order valence-corrected chi connectivity index (χ2v) is 7.65. The molecule has 1 aromatic heterocycles. The van der Waals surface area contributed by atoms with Crippen molar-refractivity contribution in [3.63, 3.8) is 0 Å². The molecule has 0 radical (unpaired) electrons. The molecule has 25 heavy (non-hydrogen) atoms. The highest BCUT2D eigenvalue weighted by Gasteiger charge is 2.39. The summed E-state index contributed by atoms with van der Waals surface area (Å²) < 4.78 is 0. The standard InChI is InChI=1S/C19H30N4O2/c1-19(14-24)8-5-6-16(19)22-18(25)21-13-15-7-9-20-17(12-15)23-10-3-2-4-11-23/h7,9,12,16,24H,2-6,8,10-11,13-14H2,1H3,(H2,21,22,25). The van der Waals surface area contributed by atoms with Gasteiger partial charge in [0.25, 0.3) is 0 Å². The van der Waals surface area contributed by atoms with Crippen LogP contribution in [0.25, 0.3) is 0 Å². The number of hydrogen-bond acceptors (Lipinski definition) is 4. The highest BCUT2D eigenvalue weighted by atomic mass is 16.3. The molecule has 1 aliphatic heterocycles. The number of hydrogen-bond donors (Lipinski definition) is 3. The second kappa shape index (κ2) is 8.04. The van der Waals surface area contributed by atoms with E-state index in [1.807, 2.05) is 19.2 Å². The van der Waals surface area contributed by atoms with Crippen LogP contribution in [0, 0.1) is 5.41 Å². The van der Waals surface area contributed by atoms with Gasteiger partial charge in [-0.25, -0.2) is 9.78 Å². The number of carbonyl (C=O) groups excluding carboxylic acids is 1. The number of piperidine rings is 1. The average molecular weight is 346 g/mol. The number of urea groups is 1. The number of carbonyl (C=O) groups is 1. The summed E-state index contributed by atoms with van der Waals surface area (Å²) in [5.74, 6) is 1.00. The lowest BCUT2D eigenvalue weighted by molar-refractivity contribution is 0.121.